The van der Waals surface area contributed by atoms with E-state index in [-0.39, 0.29) is 5.60 Å². The van der Waals surface area contributed by atoms with Crippen molar-refractivity contribution in [2.24, 2.45) is 0 Å². The maximum absolute atomic E-state index is 5.08. The SMILES string of the molecule is CC(C)(C)O[SiH3].CNC1CC1. The Morgan fingerprint density at radius 2 is 1.73 bits per heavy atom. The third-order valence-corrected chi connectivity index (χ3v) is 2.82. The molecule has 0 amide bonds. The zero-order valence-corrected chi connectivity index (χ0v) is 10.4. The summed E-state index contributed by atoms with van der Waals surface area (Å²) in [5.41, 5.74) is 0.103. The minimum absolute atomic E-state index is 0.103. The first-order valence-electron chi connectivity index (χ1n) is 4.22. The van der Waals surface area contributed by atoms with Crippen molar-refractivity contribution < 1.29 is 4.43 Å². The van der Waals surface area contributed by atoms with Crippen molar-refractivity contribution in [1.82, 2.24) is 5.32 Å². The van der Waals surface area contributed by atoms with Gasteiger partial charge in [-0.05, 0) is 40.7 Å². The van der Waals surface area contributed by atoms with Gasteiger partial charge in [-0.3, -0.25) is 0 Å². The Bertz CT molecular complexity index is 96.8. The second kappa shape index (κ2) is 4.90. The van der Waals surface area contributed by atoms with E-state index in [0.717, 1.165) is 16.5 Å². The first-order chi connectivity index (χ1) is 4.99. The first-order valence-corrected chi connectivity index (χ1v) is 5.03. The summed E-state index contributed by atoms with van der Waals surface area (Å²) in [6.07, 6.45) is 2.80. The third-order valence-electron chi connectivity index (χ3n) is 1.60. The molecule has 1 aliphatic carbocycles. The summed E-state index contributed by atoms with van der Waals surface area (Å²) in [6, 6.07) is 0.884. The van der Waals surface area contributed by atoms with Crippen molar-refractivity contribution in [3.05, 3.63) is 0 Å². The van der Waals surface area contributed by atoms with Crippen LogP contribution in [0.3, 0.4) is 0 Å². The van der Waals surface area contributed by atoms with Crippen LogP contribution in [-0.2, 0) is 4.43 Å². The molecule has 0 radical (unpaired) electrons. The van der Waals surface area contributed by atoms with E-state index in [1.807, 2.05) is 7.05 Å². The second-order valence-electron chi connectivity index (χ2n) is 3.88. The van der Waals surface area contributed by atoms with Crippen LogP contribution in [0.15, 0.2) is 0 Å². The molecule has 2 nitrogen and oxygen atoms in total. The van der Waals surface area contributed by atoms with Gasteiger partial charge in [0.1, 0.15) is 10.5 Å². The number of nitrogens with one attached hydrogen (secondary N) is 1. The van der Waals surface area contributed by atoms with E-state index in [4.69, 9.17) is 4.43 Å². The Morgan fingerprint density at radius 3 is 1.73 bits per heavy atom. The predicted molar refractivity (Wildman–Crippen MR) is 52.9 cm³/mol. The normalized spacial score (nSPS) is 17.5. The van der Waals surface area contributed by atoms with E-state index >= 15 is 0 Å². The first kappa shape index (κ1) is 11.1. The van der Waals surface area contributed by atoms with Gasteiger partial charge in [-0.2, -0.15) is 0 Å². The van der Waals surface area contributed by atoms with Crippen LogP contribution in [-0.4, -0.2) is 29.2 Å². The van der Waals surface area contributed by atoms with Gasteiger partial charge in [-0.25, -0.2) is 0 Å². The van der Waals surface area contributed by atoms with E-state index in [9.17, 15) is 0 Å². The van der Waals surface area contributed by atoms with Crippen molar-refractivity contribution >= 4 is 10.5 Å². The summed E-state index contributed by atoms with van der Waals surface area (Å²) in [4.78, 5) is 0. The van der Waals surface area contributed by atoms with Gasteiger partial charge >= 0.3 is 0 Å². The molecule has 0 unspecified atom stereocenters. The van der Waals surface area contributed by atoms with Crippen LogP contribution in [0.5, 0.6) is 0 Å². The lowest BCUT2D eigenvalue weighted by atomic mass is 10.2. The van der Waals surface area contributed by atoms with Gasteiger partial charge in [-0.15, -0.1) is 0 Å². The van der Waals surface area contributed by atoms with Gasteiger partial charge in [0, 0.05) is 11.6 Å². The fourth-order valence-corrected chi connectivity index (χ4v) is 0.372. The molecular weight excluding hydrogens is 154 g/mol. The summed E-state index contributed by atoms with van der Waals surface area (Å²) in [6.45, 7) is 6.17. The molecule has 68 valence electrons. The van der Waals surface area contributed by atoms with Crippen molar-refractivity contribution in [3.8, 4) is 0 Å². The number of rotatable bonds is 1. The maximum Gasteiger partial charge on any atom is 0.146 e. The van der Waals surface area contributed by atoms with Crippen LogP contribution in [0.4, 0.5) is 0 Å². The zero-order chi connectivity index (χ0) is 8.91. The van der Waals surface area contributed by atoms with Gasteiger partial charge < -0.3 is 9.74 Å². The molecule has 0 aromatic rings. The molecule has 0 saturated heterocycles. The summed E-state index contributed by atoms with van der Waals surface area (Å²) in [7, 11) is 2.86. The summed E-state index contributed by atoms with van der Waals surface area (Å²) in [5.74, 6) is 0. The van der Waals surface area contributed by atoms with E-state index < -0.39 is 0 Å². The Morgan fingerprint density at radius 1 is 1.36 bits per heavy atom. The van der Waals surface area contributed by atoms with Gasteiger partial charge in [0.05, 0.1) is 0 Å². The van der Waals surface area contributed by atoms with E-state index in [2.05, 4.69) is 26.1 Å². The average molecular weight is 175 g/mol. The fourth-order valence-electron chi connectivity index (χ4n) is 0.372. The van der Waals surface area contributed by atoms with E-state index in [0.29, 0.717) is 0 Å². The molecule has 1 fully saturated rings. The molecular formula is C8H21NOSi. The third kappa shape index (κ3) is 10.1. The van der Waals surface area contributed by atoms with Gasteiger partial charge in [0.2, 0.25) is 0 Å². The van der Waals surface area contributed by atoms with Crippen molar-refractivity contribution in [2.45, 2.75) is 45.3 Å². The van der Waals surface area contributed by atoms with E-state index in [1.54, 1.807) is 0 Å². The van der Waals surface area contributed by atoms with Crippen LogP contribution in [0.1, 0.15) is 33.6 Å². The van der Waals surface area contributed by atoms with Crippen molar-refractivity contribution in [3.63, 3.8) is 0 Å². The highest BCUT2D eigenvalue weighted by atomic mass is 28.2. The maximum atomic E-state index is 5.08. The molecule has 0 aliphatic heterocycles. The van der Waals surface area contributed by atoms with Crippen LogP contribution >= 0.6 is 0 Å². The molecule has 0 aromatic carbocycles. The minimum Gasteiger partial charge on any atom is -0.423 e. The van der Waals surface area contributed by atoms with Crippen LogP contribution in [0.25, 0.3) is 0 Å². The highest BCUT2D eigenvalue weighted by Gasteiger charge is 2.17. The Balaban J connectivity index is 0.000000183. The molecule has 1 rings (SSSR count). The lowest BCUT2D eigenvalue weighted by Gasteiger charge is -2.15. The lowest BCUT2D eigenvalue weighted by Crippen LogP contribution is -2.16. The largest absolute Gasteiger partial charge is 0.423 e. The molecule has 0 heterocycles. The Kier molecular flexibility index (Phi) is 4.96. The Labute approximate surface area is 73.3 Å². The molecule has 0 bridgehead atoms. The highest BCUT2D eigenvalue weighted by Crippen LogP contribution is 2.16. The molecule has 1 saturated carbocycles. The van der Waals surface area contributed by atoms with Crippen LogP contribution in [0, 0.1) is 0 Å². The summed E-state index contributed by atoms with van der Waals surface area (Å²) in [5, 5.41) is 3.14. The van der Waals surface area contributed by atoms with Gasteiger partial charge in [0.25, 0.3) is 0 Å². The van der Waals surface area contributed by atoms with Crippen LogP contribution < -0.4 is 5.32 Å². The summed E-state index contributed by atoms with van der Waals surface area (Å²) < 4.78 is 5.08. The predicted octanol–water partition coefficient (Wildman–Crippen LogP) is 0.450. The highest BCUT2D eigenvalue weighted by molar-refractivity contribution is 5.98. The topological polar surface area (TPSA) is 21.3 Å². The molecule has 11 heavy (non-hydrogen) atoms. The molecule has 0 spiro atoms. The van der Waals surface area contributed by atoms with Crippen LogP contribution in [0.2, 0.25) is 0 Å². The number of hydrogen-bond acceptors (Lipinski definition) is 2. The molecule has 1 N–H and O–H groups in total. The monoisotopic (exact) mass is 175 g/mol. The smallest absolute Gasteiger partial charge is 0.146 e. The standard InChI is InChI=1S/C4H9N.C4H12OSi/c1-5-4-2-3-4;1-4(2,3)5-6/h4-5H,2-3H2,1H3;1-3,6H3. The fraction of sp³-hybridized carbons (Fsp3) is 1.00. The van der Waals surface area contributed by atoms with Crippen molar-refractivity contribution in [1.29, 1.82) is 0 Å². The van der Waals surface area contributed by atoms with Gasteiger partial charge in [-0.1, -0.05) is 0 Å². The quantitative estimate of drug-likeness (QED) is 0.584. The second-order valence-corrected chi connectivity index (χ2v) is 4.29. The van der Waals surface area contributed by atoms with Crippen molar-refractivity contribution in [2.75, 3.05) is 7.05 Å². The zero-order valence-electron chi connectivity index (χ0n) is 8.40. The minimum atomic E-state index is 0.103. The summed E-state index contributed by atoms with van der Waals surface area (Å²) >= 11 is 0. The molecule has 1 aliphatic rings. The van der Waals surface area contributed by atoms with Gasteiger partial charge in [0.15, 0.2) is 0 Å². The lowest BCUT2D eigenvalue weighted by molar-refractivity contribution is 0.147. The Hall–Kier alpha value is 0.137. The molecule has 0 aromatic heterocycles. The molecule has 3 heteroatoms. The van der Waals surface area contributed by atoms with E-state index in [1.165, 1.54) is 12.8 Å². The number of hydrogen-bond donors (Lipinski definition) is 1. The molecule has 0 atom stereocenters. The average Bonchev–Trinajstić information content (AvgIpc) is 2.69.